The van der Waals surface area contributed by atoms with Crippen LogP contribution in [0.2, 0.25) is 0 Å². The second-order valence-corrected chi connectivity index (χ2v) is 2.54. The van der Waals surface area contributed by atoms with Crippen LogP contribution in [0.1, 0.15) is 6.93 Å². The van der Waals surface area contributed by atoms with Gasteiger partial charge in [-0.2, -0.15) is 5.06 Å². The predicted molar refractivity (Wildman–Crippen MR) is 51.6 cm³/mol. The van der Waals surface area contributed by atoms with Crippen LogP contribution in [0.3, 0.4) is 0 Å². The van der Waals surface area contributed by atoms with E-state index in [-0.39, 0.29) is 6.18 Å². The first-order valence-corrected chi connectivity index (χ1v) is 3.98. The minimum absolute atomic E-state index is 0.244. The van der Waals surface area contributed by atoms with Gasteiger partial charge < -0.3 is 4.84 Å². The minimum Gasteiger partial charge on any atom is -0.374 e. The quantitative estimate of drug-likeness (QED) is 0.612. The molecule has 1 aliphatic heterocycles. The van der Waals surface area contributed by atoms with E-state index in [9.17, 15) is 0 Å². The van der Waals surface area contributed by atoms with Crippen LogP contribution >= 0.6 is 12.2 Å². The molecule has 0 aliphatic carbocycles. The van der Waals surface area contributed by atoms with E-state index < -0.39 is 0 Å². The van der Waals surface area contributed by atoms with E-state index in [2.05, 4.69) is 0 Å². The Morgan fingerprint density at radius 2 is 2.33 bits per heavy atom. The van der Waals surface area contributed by atoms with Gasteiger partial charge in [-0.25, -0.2) is 0 Å². The Hall–Kier alpha value is -1.35. The predicted octanol–water partition coefficient (Wildman–Crippen LogP) is 2.22. The number of hydrogen-bond acceptors (Lipinski definition) is 2. The third-order valence-corrected chi connectivity index (χ3v) is 1.75. The summed E-state index contributed by atoms with van der Waals surface area (Å²) in [6, 6.07) is 7.51. The highest BCUT2D eigenvalue weighted by atomic mass is 32.1. The van der Waals surface area contributed by atoms with Crippen molar-refractivity contribution in [2.75, 3.05) is 0 Å². The van der Waals surface area contributed by atoms with E-state index in [0.717, 1.165) is 11.3 Å². The second kappa shape index (κ2) is 2.95. The Bertz CT molecular complexity index is 378. The lowest BCUT2D eigenvalue weighted by atomic mass is 10.2. The third kappa shape index (κ3) is 1.19. The maximum atomic E-state index is 7.52. The van der Waals surface area contributed by atoms with E-state index in [1.807, 2.05) is 24.3 Å². The van der Waals surface area contributed by atoms with E-state index >= 15 is 0 Å². The standard InChI is InChI=1S/C9H7NOS/c12-7-10-6-5-8-3-1-2-4-9(8)11-10/h1-7H/i6D. The molecule has 1 aromatic rings. The smallest absolute Gasteiger partial charge is 0.163 e. The zero-order chi connectivity index (χ0) is 9.26. The molecule has 0 atom stereocenters. The molecule has 0 aromatic heterocycles. The van der Waals surface area contributed by atoms with Crippen LogP contribution in [-0.4, -0.2) is 10.6 Å². The Morgan fingerprint density at radius 3 is 3.17 bits per heavy atom. The van der Waals surface area contributed by atoms with E-state index in [4.69, 9.17) is 18.4 Å². The lowest BCUT2D eigenvalue weighted by molar-refractivity contribution is 0.0781. The van der Waals surface area contributed by atoms with Gasteiger partial charge in [-0.15, -0.1) is 0 Å². The third-order valence-electron chi connectivity index (χ3n) is 1.56. The van der Waals surface area contributed by atoms with Crippen LogP contribution < -0.4 is 4.84 Å². The number of para-hydroxylation sites is 1. The van der Waals surface area contributed by atoms with Gasteiger partial charge in [0.2, 0.25) is 0 Å². The summed E-state index contributed by atoms with van der Waals surface area (Å²) >= 11 is 4.69. The molecule has 0 saturated carbocycles. The Morgan fingerprint density at radius 1 is 1.50 bits per heavy atom. The number of hydroxylamine groups is 2. The average molecular weight is 178 g/mol. The molecule has 2 nitrogen and oxygen atoms in total. The van der Waals surface area contributed by atoms with Crippen LogP contribution in [0.15, 0.2) is 30.4 Å². The summed E-state index contributed by atoms with van der Waals surface area (Å²) in [5.41, 5.74) is 2.20. The molecular formula is C9H7NOS. The summed E-state index contributed by atoms with van der Waals surface area (Å²) in [6.07, 6.45) is 1.95. The van der Waals surface area contributed by atoms with Crippen LogP contribution in [-0.2, 0) is 0 Å². The lowest BCUT2D eigenvalue weighted by Gasteiger charge is -2.20. The minimum atomic E-state index is 0.244. The fourth-order valence-corrected chi connectivity index (χ4v) is 1.10. The highest BCUT2D eigenvalue weighted by Gasteiger charge is 2.07. The molecule has 0 fully saturated rings. The topological polar surface area (TPSA) is 12.5 Å². The van der Waals surface area contributed by atoms with Gasteiger partial charge in [0, 0.05) is 11.7 Å². The van der Waals surface area contributed by atoms with Crippen molar-refractivity contribution in [3.8, 4) is 5.75 Å². The molecule has 2 rings (SSSR count). The average Bonchev–Trinajstić information content (AvgIpc) is 2.17. The summed E-state index contributed by atoms with van der Waals surface area (Å²) < 4.78 is 7.52. The molecule has 0 amide bonds. The summed E-state index contributed by atoms with van der Waals surface area (Å²) in [5.74, 6) is 0.722. The first kappa shape index (κ1) is 6.20. The van der Waals surface area contributed by atoms with Crippen molar-refractivity contribution in [1.29, 1.82) is 0 Å². The first-order chi connectivity index (χ1) is 6.31. The zero-order valence-electron chi connectivity index (χ0n) is 7.23. The van der Waals surface area contributed by atoms with Gasteiger partial charge in [0.05, 0.1) is 1.37 Å². The first-order valence-electron chi connectivity index (χ1n) is 4.01. The fourth-order valence-electron chi connectivity index (χ4n) is 1.00. The van der Waals surface area contributed by atoms with Gasteiger partial charge in [0.15, 0.2) is 5.75 Å². The van der Waals surface area contributed by atoms with Gasteiger partial charge in [0.1, 0.15) is 5.49 Å². The number of thiocarbonyl (C=S) groups is 1. The molecule has 1 heterocycles. The van der Waals surface area contributed by atoms with Crippen molar-refractivity contribution in [3.63, 3.8) is 0 Å². The summed E-state index contributed by atoms with van der Waals surface area (Å²) in [5, 5.41) is 1.25. The molecule has 12 heavy (non-hydrogen) atoms. The molecule has 0 bridgehead atoms. The van der Waals surface area contributed by atoms with Crippen molar-refractivity contribution in [2.24, 2.45) is 0 Å². The fraction of sp³-hybridized carbons (Fsp3) is 0. The van der Waals surface area contributed by atoms with Crippen LogP contribution in [0, 0.1) is 0 Å². The van der Waals surface area contributed by atoms with Crippen LogP contribution in [0.5, 0.6) is 5.75 Å². The molecule has 1 aromatic carbocycles. The monoisotopic (exact) mass is 178 g/mol. The largest absolute Gasteiger partial charge is 0.374 e. The van der Waals surface area contributed by atoms with E-state index in [1.165, 1.54) is 10.6 Å². The van der Waals surface area contributed by atoms with Crippen molar-refractivity contribution < 1.29 is 6.21 Å². The van der Waals surface area contributed by atoms with Crippen molar-refractivity contribution in [2.45, 2.75) is 0 Å². The van der Waals surface area contributed by atoms with Gasteiger partial charge in [-0.05, 0) is 12.1 Å². The number of nitrogens with zero attached hydrogens (tertiary/aromatic N) is 1. The number of rotatable bonds is 1. The highest BCUT2D eigenvalue weighted by molar-refractivity contribution is 7.78. The maximum absolute atomic E-state index is 7.52. The van der Waals surface area contributed by atoms with Crippen LogP contribution in [0.4, 0.5) is 0 Å². The normalized spacial score (nSPS) is 15.5. The molecule has 60 valence electrons. The summed E-state index contributed by atoms with van der Waals surface area (Å²) in [4.78, 5) is 5.31. The maximum Gasteiger partial charge on any atom is 0.163 e. The SMILES string of the molecule is [2H]C1=Cc2ccccc2ON1C=S. The van der Waals surface area contributed by atoms with Crippen LogP contribution in [0.25, 0.3) is 6.08 Å². The van der Waals surface area contributed by atoms with Gasteiger partial charge in [-0.3, -0.25) is 0 Å². The van der Waals surface area contributed by atoms with E-state index in [1.54, 1.807) is 6.08 Å². The van der Waals surface area contributed by atoms with Crippen molar-refractivity contribution in [1.82, 2.24) is 5.06 Å². The molecule has 1 aliphatic rings. The van der Waals surface area contributed by atoms with Crippen molar-refractivity contribution >= 4 is 23.8 Å². The number of benzene rings is 1. The Labute approximate surface area is 77.4 Å². The number of fused-ring (bicyclic) bond motifs is 1. The highest BCUT2D eigenvalue weighted by Crippen LogP contribution is 2.23. The molecule has 0 saturated heterocycles. The Balaban J connectivity index is 2.46. The molecule has 0 radical (unpaired) electrons. The van der Waals surface area contributed by atoms with Gasteiger partial charge >= 0.3 is 0 Å². The van der Waals surface area contributed by atoms with Gasteiger partial charge in [-0.1, -0.05) is 30.4 Å². The Kier molecular flexibility index (Phi) is 1.52. The zero-order valence-corrected chi connectivity index (χ0v) is 7.04. The molecular weight excluding hydrogens is 170 g/mol. The molecule has 0 N–H and O–H groups in total. The molecule has 0 unspecified atom stereocenters. The molecule has 0 spiro atoms. The second-order valence-electron chi connectivity index (χ2n) is 2.33. The summed E-state index contributed by atoms with van der Waals surface area (Å²) in [7, 11) is 0. The van der Waals surface area contributed by atoms with E-state index in [0.29, 0.717) is 0 Å². The number of hydrogen-bond donors (Lipinski definition) is 0. The van der Waals surface area contributed by atoms with Crippen molar-refractivity contribution in [3.05, 3.63) is 36.0 Å². The lowest BCUT2D eigenvalue weighted by Crippen LogP contribution is -2.20. The van der Waals surface area contributed by atoms with Gasteiger partial charge in [0.25, 0.3) is 0 Å². The molecule has 3 heteroatoms. The summed E-state index contributed by atoms with van der Waals surface area (Å²) in [6.45, 7) is 0.